The maximum absolute atomic E-state index is 5.54. The first-order valence-corrected chi connectivity index (χ1v) is 5.15. The first kappa shape index (κ1) is 10.2. The summed E-state index contributed by atoms with van der Waals surface area (Å²) < 4.78 is 5.34. The first-order chi connectivity index (χ1) is 7.29. The molecule has 1 aliphatic heterocycles. The van der Waals surface area contributed by atoms with E-state index in [2.05, 4.69) is 14.9 Å². The zero-order valence-corrected chi connectivity index (χ0v) is 8.89. The Labute approximate surface area is 89.3 Å². The van der Waals surface area contributed by atoms with Crippen LogP contribution in [0.5, 0.6) is 0 Å². The molecule has 2 rings (SSSR count). The Morgan fingerprint density at radius 2 is 2.20 bits per heavy atom. The highest BCUT2D eigenvalue weighted by Gasteiger charge is 2.20. The molecule has 0 aliphatic carbocycles. The van der Waals surface area contributed by atoms with Crippen molar-refractivity contribution in [3.63, 3.8) is 0 Å². The lowest BCUT2D eigenvalue weighted by Crippen LogP contribution is -2.40. The monoisotopic (exact) mass is 208 g/mol. The second-order valence-electron chi connectivity index (χ2n) is 3.76. The van der Waals surface area contributed by atoms with Gasteiger partial charge in [-0.05, 0) is 12.8 Å². The molecular weight excluding hydrogens is 192 g/mol. The number of hydrogen-bond acceptors (Lipinski definition) is 5. The van der Waals surface area contributed by atoms with Crippen molar-refractivity contribution < 1.29 is 4.74 Å². The van der Waals surface area contributed by atoms with Gasteiger partial charge in [0.05, 0.1) is 24.2 Å². The molecule has 1 aromatic heterocycles. The van der Waals surface area contributed by atoms with Gasteiger partial charge >= 0.3 is 0 Å². The molecular formula is C10H16N4O. The quantitative estimate of drug-likeness (QED) is 0.774. The minimum atomic E-state index is 0.292. The summed E-state index contributed by atoms with van der Waals surface area (Å²) in [5, 5.41) is 0. The van der Waals surface area contributed by atoms with Crippen LogP contribution in [0.3, 0.4) is 0 Å². The standard InChI is InChI=1S/C10H16N4O/c1-15-9-3-2-4-14(7-9)10-12-5-8(11)6-13-10/h5-6,9H,2-4,7,11H2,1H3. The molecule has 1 aliphatic rings. The first-order valence-electron chi connectivity index (χ1n) is 5.15. The van der Waals surface area contributed by atoms with Gasteiger partial charge < -0.3 is 15.4 Å². The van der Waals surface area contributed by atoms with E-state index < -0.39 is 0 Å². The fourth-order valence-corrected chi connectivity index (χ4v) is 1.81. The fourth-order valence-electron chi connectivity index (χ4n) is 1.81. The number of nitrogens with two attached hydrogens (primary N) is 1. The van der Waals surface area contributed by atoms with Gasteiger partial charge in [0, 0.05) is 20.2 Å². The van der Waals surface area contributed by atoms with E-state index in [0.29, 0.717) is 11.8 Å². The van der Waals surface area contributed by atoms with Crippen LogP contribution in [0.4, 0.5) is 11.6 Å². The van der Waals surface area contributed by atoms with Crippen molar-refractivity contribution in [2.75, 3.05) is 30.8 Å². The van der Waals surface area contributed by atoms with Crippen LogP contribution in [-0.4, -0.2) is 36.3 Å². The Kier molecular flexibility index (Phi) is 3.01. The van der Waals surface area contributed by atoms with Crippen LogP contribution in [0, 0.1) is 0 Å². The molecule has 0 radical (unpaired) electrons. The molecule has 2 N–H and O–H groups in total. The van der Waals surface area contributed by atoms with Crippen LogP contribution in [0.25, 0.3) is 0 Å². The van der Waals surface area contributed by atoms with Gasteiger partial charge in [-0.2, -0.15) is 0 Å². The third kappa shape index (κ3) is 2.36. The molecule has 1 aromatic rings. The third-order valence-electron chi connectivity index (χ3n) is 2.65. The second kappa shape index (κ2) is 4.44. The number of nitrogen functional groups attached to an aromatic ring is 1. The van der Waals surface area contributed by atoms with Crippen molar-refractivity contribution in [1.29, 1.82) is 0 Å². The molecule has 5 nitrogen and oxygen atoms in total. The number of anilines is 2. The number of aromatic nitrogens is 2. The average Bonchev–Trinajstić information content (AvgIpc) is 2.30. The fraction of sp³-hybridized carbons (Fsp3) is 0.600. The van der Waals surface area contributed by atoms with Gasteiger partial charge in [-0.25, -0.2) is 9.97 Å². The van der Waals surface area contributed by atoms with Crippen molar-refractivity contribution in [2.45, 2.75) is 18.9 Å². The topological polar surface area (TPSA) is 64.3 Å². The largest absolute Gasteiger partial charge is 0.396 e. The van der Waals surface area contributed by atoms with Crippen LogP contribution in [0.2, 0.25) is 0 Å². The molecule has 1 saturated heterocycles. The smallest absolute Gasteiger partial charge is 0.225 e. The van der Waals surface area contributed by atoms with Gasteiger partial charge in [-0.15, -0.1) is 0 Å². The van der Waals surface area contributed by atoms with Crippen molar-refractivity contribution in [1.82, 2.24) is 9.97 Å². The molecule has 0 aromatic carbocycles. The summed E-state index contributed by atoms with van der Waals surface area (Å²) in [5.74, 6) is 0.742. The highest BCUT2D eigenvalue weighted by atomic mass is 16.5. The molecule has 0 bridgehead atoms. The van der Waals surface area contributed by atoms with Crippen molar-refractivity contribution >= 4 is 11.6 Å². The predicted octanol–water partition coefficient (Wildman–Crippen LogP) is 0.674. The molecule has 0 amide bonds. The number of ether oxygens (including phenoxy) is 1. The summed E-state index contributed by atoms with van der Waals surface area (Å²) in [6.45, 7) is 1.85. The summed E-state index contributed by atoms with van der Waals surface area (Å²) in [6, 6.07) is 0. The number of piperidine rings is 1. The molecule has 2 heterocycles. The van der Waals surface area contributed by atoms with Gasteiger partial charge in [0.1, 0.15) is 0 Å². The zero-order chi connectivity index (χ0) is 10.7. The highest BCUT2D eigenvalue weighted by Crippen LogP contribution is 2.17. The highest BCUT2D eigenvalue weighted by molar-refractivity contribution is 5.38. The molecule has 1 atom stereocenters. The van der Waals surface area contributed by atoms with E-state index in [9.17, 15) is 0 Å². The lowest BCUT2D eigenvalue weighted by atomic mass is 10.1. The summed E-state index contributed by atoms with van der Waals surface area (Å²) in [7, 11) is 1.75. The number of methoxy groups -OCH3 is 1. The molecule has 0 saturated carbocycles. The van der Waals surface area contributed by atoms with E-state index in [0.717, 1.165) is 31.9 Å². The normalized spacial score (nSPS) is 21.7. The lowest BCUT2D eigenvalue weighted by Gasteiger charge is -2.31. The maximum atomic E-state index is 5.54. The van der Waals surface area contributed by atoms with Crippen LogP contribution in [0.15, 0.2) is 12.4 Å². The molecule has 15 heavy (non-hydrogen) atoms. The van der Waals surface area contributed by atoms with Crippen LogP contribution in [0.1, 0.15) is 12.8 Å². The molecule has 0 spiro atoms. The molecule has 1 fully saturated rings. The Balaban J connectivity index is 2.06. The summed E-state index contributed by atoms with van der Waals surface area (Å²) in [6.07, 6.45) is 5.80. The van der Waals surface area contributed by atoms with Crippen molar-refractivity contribution in [2.24, 2.45) is 0 Å². The van der Waals surface area contributed by atoms with E-state index in [1.54, 1.807) is 19.5 Å². The average molecular weight is 208 g/mol. The predicted molar refractivity (Wildman–Crippen MR) is 58.7 cm³/mol. The summed E-state index contributed by atoms with van der Waals surface area (Å²) in [4.78, 5) is 10.5. The molecule has 82 valence electrons. The summed E-state index contributed by atoms with van der Waals surface area (Å²) in [5.41, 5.74) is 6.14. The van der Waals surface area contributed by atoms with Crippen LogP contribution >= 0.6 is 0 Å². The minimum Gasteiger partial charge on any atom is -0.396 e. The number of nitrogens with zero attached hydrogens (tertiary/aromatic N) is 3. The van der Waals surface area contributed by atoms with Crippen LogP contribution < -0.4 is 10.6 Å². The Morgan fingerprint density at radius 3 is 2.87 bits per heavy atom. The van der Waals surface area contributed by atoms with E-state index >= 15 is 0 Å². The van der Waals surface area contributed by atoms with Gasteiger partial charge in [0.25, 0.3) is 0 Å². The van der Waals surface area contributed by atoms with E-state index in [1.807, 2.05) is 0 Å². The molecule has 1 unspecified atom stereocenters. The number of rotatable bonds is 2. The van der Waals surface area contributed by atoms with Gasteiger partial charge in [-0.3, -0.25) is 0 Å². The van der Waals surface area contributed by atoms with Gasteiger partial charge in [0.2, 0.25) is 5.95 Å². The number of hydrogen-bond donors (Lipinski definition) is 1. The van der Waals surface area contributed by atoms with E-state index in [4.69, 9.17) is 10.5 Å². The molecule has 5 heteroatoms. The lowest BCUT2D eigenvalue weighted by molar-refractivity contribution is 0.0889. The third-order valence-corrected chi connectivity index (χ3v) is 2.65. The Hall–Kier alpha value is -1.36. The Bertz CT molecular complexity index is 314. The SMILES string of the molecule is COC1CCCN(c2ncc(N)cn2)C1. The van der Waals surface area contributed by atoms with Gasteiger partial charge in [0.15, 0.2) is 0 Å². The zero-order valence-electron chi connectivity index (χ0n) is 8.89. The summed E-state index contributed by atoms with van der Waals surface area (Å²) >= 11 is 0. The second-order valence-corrected chi connectivity index (χ2v) is 3.76. The van der Waals surface area contributed by atoms with E-state index in [-0.39, 0.29) is 0 Å². The van der Waals surface area contributed by atoms with Crippen LogP contribution in [-0.2, 0) is 4.74 Å². The minimum absolute atomic E-state index is 0.292. The Morgan fingerprint density at radius 1 is 1.47 bits per heavy atom. The van der Waals surface area contributed by atoms with E-state index in [1.165, 1.54) is 0 Å². The maximum Gasteiger partial charge on any atom is 0.225 e. The van der Waals surface area contributed by atoms with Crippen molar-refractivity contribution in [3.8, 4) is 0 Å². The van der Waals surface area contributed by atoms with Gasteiger partial charge in [-0.1, -0.05) is 0 Å². The van der Waals surface area contributed by atoms with Crippen molar-refractivity contribution in [3.05, 3.63) is 12.4 Å².